The minimum Gasteiger partial charge on any atom is -0.392 e. The van der Waals surface area contributed by atoms with Crippen molar-refractivity contribution in [2.75, 3.05) is 0 Å². The van der Waals surface area contributed by atoms with Crippen LogP contribution < -0.4 is 5.32 Å². The summed E-state index contributed by atoms with van der Waals surface area (Å²) in [4.78, 5) is 26.5. The summed E-state index contributed by atoms with van der Waals surface area (Å²) in [5.74, 6) is 2.41. The number of hydrogen-bond acceptors (Lipinski definition) is 4. The van der Waals surface area contributed by atoms with Crippen LogP contribution in [0.15, 0.2) is 39.7 Å². The first-order chi connectivity index (χ1) is 17.4. The summed E-state index contributed by atoms with van der Waals surface area (Å²) in [5.41, 5.74) is 1.14. The molecule has 202 valence electrons. The molecular formula is C31H42BrNO3S. The first-order valence-corrected chi connectivity index (χ1v) is 15.7. The van der Waals surface area contributed by atoms with E-state index in [9.17, 15) is 14.7 Å². The molecule has 5 rings (SSSR count). The van der Waals surface area contributed by atoms with Gasteiger partial charge in [-0.1, -0.05) is 46.3 Å². The standard InChI is InChI=1S/C31H42BrNO3S/c1-17(2)29(25-8-9-26(32)37-25)33-27(36)14-18(3)21-6-7-22-28-23(11-13-31(21,22)5)30(4)12-10-20(34)15-19(30)16-24(28)35/h8-10,12,15,17-18,21-24,28-29,35H,6-7,11,13-14,16H2,1-5H3,(H,33,36)/t18-,21?,22+,23+,24-,28+,29?,30+,31-/m1/s1. The van der Waals surface area contributed by atoms with E-state index in [0.717, 1.165) is 35.0 Å². The van der Waals surface area contributed by atoms with Crippen LogP contribution in [0.1, 0.15) is 84.1 Å². The topological polar surface area (TPSA) is 66.4 Å². The summed E-state index contributed by atoms with van der Waals surface area (Å²) in [5, 5.41) is 14.7. The fourth-order valence-corrected chi connectivity index (χ4v) is 10.5. The molecule has 1 aromatic heterocycles. The maximum absolute atomic E-state index is 13.3. The highest BCUT2D eigenvalue weighted by Gasteiger charge is 2.61. The molecule has 1 heterocycles. The Kier molecular flexibility index (Phi) is 7.43. The molecule has 0 spiro atoms. The number of aliphatic hydroxyl groups is 1. The molecule has 0 bridgehead atoms. The van der Waals surface area contributed by atoms with Gasteiger partial charge < -0.3 is 10.4 Å². The Morgan fingerprint density at radius 1 is 1.19 bits per heavy atom. The molecule has 3 fully saturated rings. The van der Waals surface area contributed by atoms with E-state index in [2.05, 4.69) is 74.1 Å². The summed E-state index contributed by atoms with van der Waals surface area (Å²) >= 11 is 5.25. The van der Waals surface area contributed by atoms with Crippen LogP contribution in [0.2, 0.25) is 0 Å². The fraction of sp³-hybridized carbons (Fsp3) is 0.677. The lowest BCUT2D eigenvalue weighted by atomic mass is 9.46. The minimum absolute atomic E-state index is 0.0363. The highest BCUT2D eigenvalue weighted by molar-refractivity contribution is 9.11. The highest BCUT2D eigenvalue weighted by Crippen LogP contribution is 2.67. The van der Waals surface area contributed by atoms with Crippen LogP contribution in [-0.4, -0.2) is 22.9 Å². The van der Waals surface area contributed by atoms with Gasteiger partial charge in [-0.2, -0.15) is 0 Å². The van der Waals surface area contributed by atoms with E-state index >= 15 is 0 Å². The Bertz CT molecular complexity index is 1120. The fourth-order valence-electron chi connectivity index (χ4n) is 8.87. The number of rotatable bonds is 6. The molecule has 1 amide bonds. The Labute approximate surface area is 234 Å². The molecule has 2 unspecified atom stereocenters. The van der Waals surface area contributed by atoms with Gasteiger partial charge >= 0.3 is 0 Å². The summed E-state index contributed by atoms with van der Waals surface area (Å²) in [7, 11) is 0. The maximum Gasteiger partial charge on any atom is 0.220 e. The van der Waals surface area contributed by atoms with Crippen molar-refractivity contribution in [2.45, 2.75) is 85.3 Å². The van der Waals surface area contributed by atoms with Crippen molar-refractivity contribution >= 4 is 39.0 Å². The van der Waals surface area contributed by atoms with E-state index in [-0.39, 0.29) is 40.6 Å². The van der Waals surface area contributed by atoms with Crippen LogP contribution >= 0.6 is 27.3 Å². The molecule has 6 heteroatoms. The van der Waals surface area contributed by atoms with E-state index in [1.54, 1.807) is 23.5 Å². The van der Waals surface area contributed by atoms with Crippen molar-refractivity contribution < 1.29 is 14.7 Å². The van der Waals surface area contributed by atoms with Crippen molar-refractivity contribution in [3.63, 3.8) is 0 Å². The normalized spacial score (nSPS) is 38.4. The number of halogens is 1. The second kappa shape index (κ2) is 10.1. The minimum atomic E-state index is -0.387. The first-order valence-electron chi connectivity index (χ1n) is 14.1. The van der Waals surface area contributed by atoms with Gasteiger partial charge in [0.05, 0.1) is 15.9 Å². The van der Waals surface area contributed by atoms with E-state index in [4.69, 9.17) is 0 Å². The van der Waals surface area contributed by atoms with Crippen molar-refractivity contribution in [3.05, 3.63) is 44.6 Å². The molecule has 3 saturated carbocycles. The molecule has 0 radical (unpaired) electrons. The molecule has 1 aromatic rings. The Morgan fingerprint density at radius 2 is 1.95 bits per heavy atom. The Balaban J connectivity index is 1.30. The van der Waals surface area contributed by atoms with Gasteiger partial charge in [0.15, 0.2) is 5.78 Å². The molecule has 4 aliphatic rings. The van der Waals surface area contributed by atoms with Gasteiger partial charge in [0.2, 0.25) is 5.91 Å². The molecular weight excluding hydrogens is 546 g/mol. The van der Waals surface area contributed by atoms with Crippen LogP contribution in [0.3, 0.4) is 0 Å². The number of amides is 1. The monoisotopic (exact) mass is 587 g/mol. The number of fused-ring (bicyclic) bond motifs is 5. The zero-order valence-electron chi connectivity index (χ0n) is 22.8. The van der Waals surface area contributed by atoms with Crippen molar-refractivity contribution in [1.29, 1.82) is 0 Å². The molecule has 4 nitrogen and oxygen atoms in total. The van der Waals surface area contributed by atoms with Crippen LogP contribution in [-0.2, 0) is 9.59 Å². The lowest BCUT2D eigenvalue weighted by Crippen LogP contribution is -2.55. The third-order valence-corrected chi connectivity index (χ3v) is 12.4. The van der Waals surface area contributed by atoms with Crippen LogP contribution in [0.4, 0.5) is 0 Å². The number of carbonyl (C=O) groups excluding carboxylic acids is 2. The van der Waals surface area contributed by atoms with Crippen molar-refractivity contribution in [1.82, 2.24) is 5.32 Å². The summed E-state index contributed by atoms with van der Waals surface area (Å²) in [6.45, 7) is 11.3. The van der Waals surface area contributed by atoms with Crippen molar-refractivity contribution in [3.8, 4) is 0 Å². The molecule has 0 aromatic carbocycles. The largest absolute Gasteiger partial charge is 0.392 e. The average Bonchev–Trinajstić information content (AvgIpc) is 3.41. The lowest BCUT2D eigenvalue weighted by molar-refractivity contribution is -0.125. The summed E-state index contributed by atoms with van der Waals surface area (Å²) < 4.78 is 1.09. The molecule has 37 heavy (non-hydrogen) atoms. The number of thiophene rings is 1. The van der Waals surface area contributed by atoms with E-state index in [1.807, 2.05) is 0 Å². The molecule has 2 N–H and O–H groups in total. The smallest absolute Gasteiger partial charge is 0.220 e. The van der Waals surface area contributed by atoms with Gasteiger partial charge in [0.1, 0.15) is 0 Å². The number of aliphatic hydroxyl groups excluding tert-OH is 1. The lowest BCUT2D eigenvalue weighted by Gasteiger charge is -2.58. The van der Waals surface area contributed by atoms with E-state index in [1.165, 1.54) is 4.88 Å². The number of carbonyl (C=O) groups is 2. The van der Waals surface area contributed by atoms with Crippen LogP contribution in [0.5, 0.6) is 0 Å². The predicted molar refractivity (Wildman–Crippen MR) is 153 cm³/mol. The summed E-state index contributed by atoms with van der Waals surface area (Å²) in [6.07, 6.45) is 10.9. The molecule has 0 aliphatic heterocycles. The maximum atomic E-state index is 13.3. The van der Waals surface area contributed by atoms with Gasteiger partial charge in [-0.25, -0.2) is 0 Å². The van der Waals surface area contributed by atoms with Gasteiger partial charge in [-0.05, 0) is 113 Å². The average molecular weight is 589 g/mol. The van der Waals surface area contributed by atoms with Gasteiger partial charge in [0, 0.05) is 16.7 Å². The predicted octanol–water partition coefficient (Wildman–Crippen LogP) is 7.25. The number of hydrogen-bond donors (Lipinski definition) is 2. The summed E-state index contributed by atoms with van der Waals surface area (Å²) in [6, 6.07) is 4.20. The first kappa shape index (κ1) is 27.3. The molecule has 0 saturated heterocycles. The second-order valence-electron chi connectivity index (χ2n) is 13.1. The number of ketones is 1. The van der Waals surface area contributed by atoms with Gasteiger partial charge in [-0.15, -0.1) is 11.3 Å². The molecule has 4 aliphatic carbocycles. The zero-order valence-corrected chi connectivity index (χ0v) is 25.2. The highest BCUT2D eigenvalue weighted by atomic mass is 79.9. The second-order valence-corrected chi connectivity index (χ2v) is 15.6. The van der Waals surface area contributed by atoms with Crippen LogP contribution in [0, 0.1) is 46.3 Å². The van der Waals surface area contributed by atoms with Crippen molar-refractivity contribution in [2.24, 2.45) is 46.3 Å². The SMILES string of the molecule is CC(C)C(NC(=O)C[C@@H](C)C1CC[C@H]2[C@@H]3[C@H](O)CC4=CC(=O)C=C[C@]4(C)[C@H]3CC[C@]12C)c1ccc(Br)s1. The van der Waals surface area contributed by atoms with E-state index in [0.29, 0.717) is 42.4 Å². The Morgan fingerprint density at radius 3 is 2.62 bits per heavy atom. The third kappa shape index (κ3) is 4.74. The number of allylic oxidation sites excluding steroid dienone is 3. The van der Waals surface area contributed by atoms with E-state index < -0.39 is 0 Å². The van der Waals surface area contributed by atoms with Gasteiger partial charge in [-0.3, -0.25) is 9.59 Å². The number of nitrogens with one attached hydrogen (secondary N) is 1. The van der Waals surface area contributed by atoms with Gasteiger partial charge in [0.25, 0.3) is 0 Å². The Hall–Kier alpha value is -1.24. The third-order valence-electron chi connectivity index (χ3n) is 10.7. The quantitative estimate of drug-likeness (QED) is 0.368. The molecule has 9 atom stereocenters. The zero-order chi connectivity index (χ0) is 26.7. The van der Waals surface area contributed by atoms with Crippen LogP contribution in [0.25, 0.3) is 0 Å².